The number of hydrogen-bond acceptors (Lipinski definition) is 4. The van der Waals surface area contributed by atoms with E-state index in [1.165, 1.54) is 19.4 Å². The number of anilines is 1. The van der Waals surface area contributed by atoms with E-state index in [0.29, 0.717) is 17.2 Å². The molecular weight excluding hydrogens is 236 g/mol. The molecule has 0 saturated carbocycles. The van der Waals surface area contributed by atoms with Gasteiger partial charge in [0.1, 0.15) is 0 Å². The number of piperazine rings is 1. The molecule has 4 nitrogen and oxygen atoms in total. The van der Waals surface area contributed by atoms with Crippen LogP contribution in [0.4, 0.5) is 5.82 Å². The fourth-order valence-electron chi connectivity index (χ4n) is 2.97. The van der Waals surface area contributed by atoms with Gasteiger partial charge in [-0.25, -0.2) is 0 Å². The van der Waals surface area contributed by atoms with Gasteiger partial charge in [-0.15, -0.1) is 10.2 Å². The highest BCUT2D eigenvalue weighted by molar-refractivity contribution is 6.29. The van der Waals surface area contributed by atoms with Gasteiger partial charge in [-0.2, -0.15) is 0 Å². The lowest BCUT2D eigenvalue weighted by Crippen LogP contribution is -2.55. The molecule has 0 aromatic carbocycles. The van der Waals surface area contributed by atoms with Crippen LogP contribution < -0.4 is 4.90 Å². The third-order valence-electron chi connectivity index (χ3n) is 3.85. The molecule has 0 aliphatic carbocycles. The Morgan fingerprint density at radius 1 is 1.29 bits per heavy atom. The lowest BCUT2D eigenvalue weighted by molar-refractivity contribution is 0.202. The van der Waals surface area contributed by atoms with Crippen molar-refractivity contribution in [2.75, 3.05) is 24.5 Å². The van der Waals surface area contributed by atoms with Gasteiger partial charge in [0.25, 0.3) is 0 Å². The Hall–Kier alpha value is -0.870. The van der Waals surface area contributed by atoms with Crippen molar-refractivity contribution in [3.05, 3.63) is 17.3 Å². The van der Waals surface area contributed by atoms with E-state index in [9.17, 15) is 0 Å². The monoisotopic (exact) mass is 252 g/mol. The van der Waals surface area contributed by atoms with E-state index in [1.807, 2.05) is 12.1 Å². The molecule has 0 spiro atoms. The van der Waals surface area contributed by atoms with Gasteiger partial charge in [0.2, 0.25) is 0 Å². The summed E-state index contributed by atoms with van der Waals surface area (Å²) < 4.78 is 0. The van der Waals surface area contributed by atoms with Crippen LogP contribution in [0.5, 0.6) is 0 Å². The number of rotatable bonds is 1. The number of aromatic nitrogens is 2. The smallest absolute Gasteiger partial charge is 0.151 e. The molecule has 2 unspecified atom stereocenters. The predicted molar refractivity (Wildman–Crippen MR) is 68.4 cm³/mol. The van der Waals surface area contributed by atoms with E-state index < -0.39 is 0 Å². The van der Waals surface area contributed by atoms with Crippen LogP contribution in [0.3, 0.4) is 0 Å². The van der Waals surface area contributed by atoms with Crippen molar-refractivity contribution in [3.63, 3.8) is 0 Å². The summed E-state index contributed by atoms with van der Waals surface area (Å²) in [6, 6.07) is 4.98. The maximum absolute atomic E-state index is 5.78. The second-order valence-corrected chi connectivity index (χ2v) is 5.39. The van der Waals surface area contributed by atoms with Crippen LogP contribution in [0.1, 0.15) is 19.8 Å². The average Bonchev–Trinajstić information content (AvgIpc) is 2.76. The molecule has 0 amide bonds. The summed E-state index contributed by atoms with van der Waals surface area (Å²) in [7, 11) is 0. The molecule has 0 bridgehead atoms. The maximum Gasteiger partial charge on any atom is 0.151 e. The Kier molecular flexibility index (Phi) is 2.92. The molecule has 17 heavy (non-hydrogen) atoms. The van der Waals surface area contributed by atoms with Crippen molar-refractivity contribution < 1.29 is 0 Å². The van der Waals surface area contributed by atoms with Gasteiger partial charge < -0.3 is 4.90 Å². The number of halogens is 1. The summed E-state index contributed by atoms with van der Waals surface area (Å²) in [4.78, 5) is 4.96. The largest absolute Gasteiger partial charge is 0.350 e. The Bertz CT molecular complexity index is 394. The van der Waals surface area contributed by atoms with Crippen LogP contribution in [0.15, 0.2) is 12.1 Å². The topological polar surface area (TPSA) is 32.3 Å². The highest BCUT2D eigenvalue weighted by atomic mass is 35.5. The highest BCUT2D eigenvalue weighted by Crippen LogP contribution is 2.27. The van der Waals surface area contributed by atoms with Crippen molar-refractivity contribution >= 4 is 17.4 Å². The molecule has 2 atom stereocenters. The minimum absolute atomic E-state index is 0.459. The van der Waals surface area contributed by atoms with Crippen LogP contribution >= 0.6 is 11.6 Å². The molecular formula is C12H17ClN4. The molecule has 2 aliphatic rings. The van der Waals surface area contributed by atoms with E-state index in [1.54, 1.807) is 0 Å². The first kappa shape index (κ1) is 11.2. The maximum atomic E-state index is 5.78. The first-order valence-electron chi connectivity index (χ1n) is 6.24. The van der Waals surface area contributed by atoms with Crippen molar-refractivity contribution in [1.29, 1.82) is 0 Å². The fourth-order valence-corrected chi connectivity index (χ4v) is 3.07. The van der Waals surface area contributed by atoms with Crippen LogP contribution in [-0.4, -0.2) is 46.8 Å². The zero-order valence-electron chi connectivity index (χ0n) is 10.0. The van der Waals surface area contributed by atoms with Crippen molar-refractivity contribution in [2.45, 2.75) is 31.8 Å². The Labute approximate surface area is 107 Å². The van der Waals surface area contributed by atoms with Crippen LogP contribution in [0, 0.1) is 0 Å². The molecule has 5 heteroatoms. The third kappa shape index (κ3) is 2.11. The third-order valence-corrected chi connectivity index (χ3v) is 4.05. The van der Waals surface area contributed by atoms with Gasteiger partial charge in [0.05, 0.1) is 0 Å². The average molecular weight is 253 g/mol. The Morgan fingerprint density at radius 2 is 2.18 bits per heavy atom. The van der Waals surface area contributed by atoms with E-state index in [4.69, 9.17) is 11.6 Å². The molecule has 1 aromatic heterocycles. The molecule has 0 N–H and O–H groups in total. The molecule has 0 radical (unpaired) electrons. The van der Waals surface area contributed by atoms with Gasteiger partial charge in [0, 0.05) is 25.2 Å². The van der Waals surface area contributed by atoms with Crippen LogP contribution in [0.2, 0.25) is 5.15 Å². The van der Waals surface area contributed by atoms with Crippen molar-refractivity contribution in [2.24, 2.45) is 0 Å². The highest BCUT2D eigenvalue weighted by Gasteiger charge is 2.34. The first-order chi connectivity index (χ1) is 8.24. The zero-order chi connectivity index (χ0) is 11.8. The minimum Gasteiger partial charge on any atom is -0.350 e. The summed E-state index contributed by atoms with van der Waals surface area (Å²) in [6.45, 7) is 5.71. The molecule has 2 fully saturated rings. The summed E-state index contributed by atoms with van der Waals surface area (Å²) in [5.74, 6) is 0.952. The molecule has 3 rings (SSSR count). The summed E-state index contributed by atoms with van der Waals surface area (Å²) in [5.41, 5.74) is 0. The van der Waals surface area contributed by atoms with E-state index in [2.05, 4.69) is 26.9 Å². The lowest BCUT2D eigenvalue weighted by Gasteiger charge is -2.42. The molecule has 2 aliphatic heterocycles. The molecule has 3 heterocycles. The van der Waals surface area contributed by atoms with E-state index >= 15 is 0 Å². The van der Waals surface area contributed by atoms with Gasteiger partial charge in [0.15, 0.2) is 11.0 Å². The van der Waals surface area contributed by atoms with Gasteiger partial charge in [-0.3, -0.25) is 4.90 Å². The Balaban J connectivity index is 1.80. The summed E-state index contributed by atoms with van der Waals surface area (Å²) in [5, 5.41) is 8.59. The second kappa shape index (κ2) is 4.42. The van der Waals surface area contributed by atoms with Gasteiger partial charge >= 0.3 is 0 Å². The number of nitrogens with zero attached hydrogens (tertiary/aromatic N) is 4. The minimum atomic E-state index is 0.459. The van der Waals surface area contributed by atoms with E-state index in [0.717, 1.165) is 18.9 Å². The quantitative estimate of drug-likeness (QED) is 0.763. The number of hydrogen-bond donors (Lipinski definition) is 0. The van der Waals surface area contributed by atoms with Crippen molar-refractivity contribution in [1.82, 2.24) is 15.1 Å². The Morgan fingerprint density at radius 3 is 2.94 bits per heavy atom. The number of fused-ring (bicyclic) bond motifs is 1. The standard InChI is InChI=1S/C12H17ClN4/c1-9-7-16-6-2-3-10(16)8-17(9)12-5-4-11(13)14-15-12/h4-5,9-10H,2-3,6-8H2,1H3. The summed E-state index contributed by atoms with van der Waals surface area (Å²) in [6.07, 6.45) is 2.64. The molecule has 2 saturated heterocycles. The first-order valence-corrected chi connectivity index (χ1v) is 6.62. The van der Waals surface area contributed by atoms with Crippen molar-refractivity contribution in [3.8, 4) is 0 Å². The normalized spacial score (nSPS) is 29.4. The van der Waals surface area contributed by atoms with Gasteiger partial charge in [-0.1, -0.05) is 11.6 Å². The zero-order valence-corrected chi connectivity index (χ0v) is 10.8. The fraction of sp³-hybridized carbons (Fsp3) is 0.667. The predicted octanol–water partition coefficient (Wildman–Crippen LogP) is 1.80. The summed E-state index contributed by atoms with van der Waals surface area (Å²) >= 11 is 5.78. The van der Waals surface area contributed by atoms with Gasteiger partial charge in [-0.05, 0) is 38.4 Å². The van der Waals surface area contributed by atoms with E-state index in [-0.39, 0.29) is 0 Å². The lowest BCUT2D eigenvalue weighted by atomic mass is 10.1. The second-order valence-electron chi connectivity index (χ2n) is 5.01. The van der Waals surface area contributed by atoms with Crippen LogP contribution in [-0.2, 0) is 0 Å². The molecule has 92 valence electrons. The molecule has 1 aromatic rings. The SMILES string of the molecule is CC1CN2CCCC2CN1c1ccc(Cl)nn1. The van der Waals surface area contributed by atoms with Crippen LogP contribution in [0.25, 0.3) is 0 Å².